The molecule has 11 heteroatoms. The number of amides is 1. The Labute approximate surface area is 215 Å². The van der Waals surface area contributed by atoms with Gasteiger partial charge in [0, 0.05) is 63.1 Å². The van der Waals surface area contributed by atoms with E-state index in [1.165, 1.54) is 6.07 Å². The molecular formula is C26H28FN5O4S. The Morgan fingerprint density at radius 1 is 1.27 bits per heavy atom. The van der Waals surface area contributed by atoms with Crippen LogP contribution in [-0.2, 0) is 21.5 Å². The van der Waals surface area contributed by atoms with Gasteiger partial charge in [-0.1, -0.05) is 5.92 Å². The number of rotatable bonds is 5. The van der Waals surface area contributed by atoms with E-state index in [2.05, 4.69) is 25.8 Å². The van der Waals surface area contributed by atoms with Gasteiger partial charge in [-0.15, -0.1) is 10.3 Å². The van der Waals surface area contributed by atoms with E-state index in [4.69, 9.17) is 11.2 Å². The number of aromatic nitrogens is 3. The van der Waals surface area contributed by atoms with E-state index in [-0.39, 0.29) is 17.9 Å². The van der Waals surface area contributed by atoms with Gasteiger partial charge in [-0.25, -0.2) is 9.97 Å². The number of benzene rings is 1. The summed E-state index contributed by atoms with van der Waals surface area (Å²) in [6.45, 7) is 5.36. The average molecular weight is 526 g/mol. The lowest BCUT2D eigenvalue weighted by Gasteiger charge is -2.40. The number of fused-ring (bicyclic) bond motifs is 1. The van der Waals surface area contributed by atoms with Crippen LogP contribution in [-0.4, -0.2) is 78.0 Å². The zero-order valence-corrected chi connectivity index (χ0v) is 21.3. The van der Waals surface area contributed by atoms with Crippen molar-refractivity contribution in [3.63, 3.8) is 0 Å². The second-order valence-corrected chi connectivity index (χ2v) is 10.9. The quantitative estimate of drug-likeness (QED) is 0.403. The number of imidazole rings is 1. The first-order valence-electron chi connectivity index (χ1n) is 12.2. The number of terminal acetylenes is 1. The van der Waals surface area contributed by atoms with Crippen LogP contribution in [0.1, 0.15) is 53.0 Å². The minimum Gasteiger partial charge on any atom is -0.381 e. The van der Waals surface area contributed by atoms with Crippen molar-refractivity contribution in [2.24, 2.45) is 0 Å². The maximum absolute atomic E-state index is 13.6. The number of H-pyrrole nitrogens is 1. The number of halogens is 1. The lowest BCUT2D eigenvalue weighted by molar-refractivity contribution is 0.0477. The zero-order chi connectivity index (χ0) is 26.2. The van der Waals surface area contributed by atoms with Gasteiger partial charge in [0.1, 0.15) is 10.7 Å². The summed E-state index contributed by atoms with van der Waals surface area (Å²) < 4.78 is 41.9. The third-order valence-corrected chi connectivity index (χ3v) is 7.84. The van der Waals surface area contributed by atoms with E-state index in [1.54, 1.807) is 18.3 Å². The van der Waals surface area contributed by atoms with Crippen LogP contribution >= 0.6 is 0 Å². The Morgan fingerprint density at radius 3 is 2.76 bits per heavy atom. The van der Waals surface area contributed by atoms with E-state index in [9.17, 15) is 17.1 Å². The fourth-order valence-corrected chi connectivity index (χ4v) is 5.70. The lowest BCUT2D eigenvalue weighted by Crippen LogP contribution is -2.53. The van der Waals surface area contributed by atoms with Crippen LogP contribution < -0.4 is 0 Å². The SMILES string of the molecule is C#Cc1cc(CN2CCN(C(=O)c3ccnc4nc(C5CCOCC5)[nH]c34)[C@H](C)C2)cc(S(=O)(=O)F)c1. The summed E-state index contributed by atoms with van der Waals surface area (Å²) in [6, 6.07) is 5.75. The van der Waals surface area contributed by atoms with Gasteiger partial charge in [0.15, 0.2) is 5.65 Å². The van der Waals surface area contributed by atoms with Gasteiger partial charge in [0.05, 0.1) is 11.1 Å². The molecule has 1 aromatic carbocycles. The van der Waals surface area contributed by atoms with E-state index in [1.807, 2.05) is 11.8 Å². The summed E-state index contributed by atoms with van der Waals surface area (Å²) in [6.07, 6.45) is 8.81. The van der Waals surface area contributed by atoms with Gasteiger partial charge in [-0.05, 0) is 49.6 Å². The minimum atomic E-state index is -4.87. The van der Waals surface area contributed by atoms with Crippen molar-refractivity contribution in [2.45, 2.75) is 43.2 Å². The third-order valence-electron chi connectivity index (χ3n) is 7.04. The van der Waals surface area contributed by atoms with Crippen molar-refractivity contribution >= 4 is 27.3 Å². The molecule has 37 heavy (non-hydrogen) atoms. The second-order valence-electron chi connectivity index (χ2n) is 9.60. The largest absolute Gasteiger partial charge is 0.381 e. The number of pyridine rings is 1. The number of aromatic amines is 1. The standard InChI is InChI=1S/C26H28FN5O4S/c1-3-18-12-19(14-21(13-18)37(27,34)35)16-31-8-9-32(17(2)15-31)26(33)22-4-7-28-25-23(22)29-24(30-25)20-5-10-36-11-6-20/h1,4,7,12-14,17,20H,5-6,8-11,15-16H2,2H3,(H,28,29,30)/t17-/m1/s1. The topological polar surface area (TPSA) is 108 Å². The van der Waals surface area contributed by atoms with Crippen LogP contribution in [0.15, 0.2) is 35.4 Å². The van der Waals surface area contributed by atoms with Crippen molar-refractivity contribution in [2.75, 3.05) is 32.8 Å². The molecule has 0 bridgehead atoms. The first-order valence-corrected chi connectivity index (χ1v) is 13.6. The first kappa shape index (κ1) is 25.3. The normalized spacial score (nSPS) is 19.7. The van der Waals surface area contributed by atoms with Gasteiger partial charge >= 0.3 is 10.2 Å². The predicted molar refractivity (Wildman–Crippen MR) is 135 cm³/mol. The van der Waals surface area contributed by atoms with E-state index >= 15 is 0 Å². The van der Waals surface area contributed by atoms with Gasteiger partial charge < -0.3 is 14.6 Å². The van der Waals surface area contributed by atoms with E-state index in [0.717, 1.165) is 24.7 Å². The molecule has 2 fully saturated rings. The number of ether oxygens (including phenoxy) is 1. The molecule has 0 aliphatic carbocycles. The summed E-state index contributed by atoms with van der Waals surface area (Å²) in [5.41, 5.74) is 2.63. The van der Waals surface area contributed by atoms with Gasteiger partial charge in [-0.2, -0.15) is 8.42 Å². The Hall–Kier alpha value is -3.33. The van der Waals surface area contributed by atoms with Gasteiger partial charge in [-0.3, -0.25) is 9.69 Å². The highest BCUT2D eigenvalue weighted by Crippen LogP contribution is 2.28. The van der Waals surface area contributed by atoms with E-state index < -0.39 is 15.1 Å². The van der Waals surface area contributed by atoms with Crippen molar-refractivity contribution in [1.29, 1.82) is 0 Å². The summed E-state index contributed by atoms with van der Waals surface area (Å²) >= 11 is 0. The van der Waals surface area contributed by atoms with Gasteiger partial charge in [0.2, 0.25) is 0 Å². The molecule has 2 aliphatic heterocycles. The molecule has 2 saturated heterocycles. The molecule has 2 aromatic heterocycles. The molecule has 1 N–H and O–H groups in total. The van der Waals surface area contributed by atoms with Crippen molar-refractivity contribution in [3.8, 4) is 12.3 Å². The number of hydrogen-bond acceptors (Lipinski definition) is 7. The molecule has 1 amide bonds. The molecule has 194 valence electrons. The van der Waals surface area contributed by atoms with Crippen LogP contribution in [0.4, 0.5) is 3.89 Å². The fraction of sp³-hybridized carbons (Fsp3) is 0.423. The molecule has 0 spiro atoms. The Balaban J connectivity index is 1.31. The van der Waals surface area contributed by atoms with Crippen LogP contribution in [0.25, 0.3) is 11.2 Å². The summed E-state index contributed by atoms with van der Waals surface area (Å²) in [5, 5.41) is 0. The number of piperazine rings is 1. The molecule has 2 aliphatic rings. The molecule has 4 heterocycles. The van der Waals surface area contributed by atoms with Crippen LogP contribution in [0, 0.1) is 12.3 Å². The summed E-state index contributed by atoms with van der Waals surface area (Å²) in [5.74, 6) is 3.38. The van der Waals surface area contributed by atoms with Crippen molar-refractivity contribution in [3.05, 3.63) is 53.0 Å². The van der Waals surface area contributed by atoms with Crippen molar-refractivity contribution in [1.82, 2.24) is 24.8 Å². The Bertz CT molecular complexity index is 1480. The second kappa shape index (κ2) is 10.2. The highest BCUT2D eigenvalue weighted by Gasteiger charge is 2.30. The van der Waals surface area contributed by atoms with Gasteiger partial charge in [0.25, 0.3) is 5.91 Å². The highest BCUT2D eigenvalue weighted by molar-refractivity contribution is 7.86. The Morgan fingerprint density at radius 2 is 2.05 bits per heavy atom. The van der Waals surface area contributed by atoms with E-state index in [0.29, 0.717) is 67.2 Å². The zero-order valence-electron chi connectivity index (χ0n) is 20.5. The van der Waals surface area contributed by atoms with Crippen LogP contribution in [0.3, 0.4) is 0 Å². The first-order chi connectivity index (χ1) is 17.7. The molecule has 0 unspecified atom stereocenters. The number of nitrogens with zero attached hydrogens (tertiary/aromatic N) is 4. The monoisotopic (exact) mass is 525 g/mol. The molecule has 0 saturated carbocycles. The molecular weight excluding hydrogens is 497 g/mol. The number of carbonyl (C=O) groups is 1. The Kier molecular flexibility index (Phi) is 6.98. The van der Waals surface area contributed by atoms with Crippen LogP contribution in [0.2, 0.25) is 0 Å². The van der Waals surface area contributed by atoms with Crippen LogP contribution in [0.5, 0.6) is 0 Å². The maximum Gasteiger partial charge on any atom is 0.332 e. The number of carbonyl (C=O) groups excluding carboxylic acids is 1. The lowest BCUT2D eigenvalue weighted by atomic mass is 10.00. The molecule has 9 nitrogen and oxygen atoms in total. The number of nitrogens with one attached hydrogen (secondary N) is 1. The average Bonchev–Trinajstić information content (AvgIpc) is 3.33. The molecule has 1 atom stereocenters. The number of hydrogen-bond donors (Lipinski definition) is 1. The minimum absolute atomic E-state index is 0.0955. The fourth-order valence-electron chi connectivity index (χ4n) is 5.14. The molecule has 3 aromatic rings. The summed E-state index contributed by atoms with van der Waals surface area (Å²) in [7, 11) is -4.87. The molecule has 5 rings (SSSR count). The highest BCUT2D eigenvalue weighted by atomic mass is 32.3. The third kappa shape index (κ3) is 5.37. The summed E-state index contributed by atoms with van der Waals surface area (Å²) in [4.78, 5) is 29.5. The maximum atomic E-state index is 13.6. The smallest absolute Gasteiger partial charge is 0.332 e. The van der Waals surface area contributed by atoms with Crippen molar-refractivity contribution < 1.29 is 21.8 Å². The molecule has 0 radical (unpaired) electrons. The predicted octanol–water partition coefficient (Wildman–Crippen LogP) is 2.84.